The van der Waals surface area contributed by atoms with E-state index in [-0.39, 0.29) is 11.6 Å². The smallest absolute Gasteiger partial charge is 0.294 e. The number of methoxy groups -OCH3 is 1. The average molecular weight is 436 g/mol. The van der Waals surface area contributed by atoms with E-state index in [0.29, 0.717) is 53.5 Å². The number of nitrogens with zero attached hydrogens (tertiary/aromatic N) is 2. The van der Waals surface area contributed by atoms with Gasteiger partial charge in [0, 0.05) is 30.4 Å². The Balaban J connectivity index is 1.82. The molecule has 0 spiro atoms. The van der Waals surface area contributed by atoms with Gasteiger partial charge in [-0.1, -0.05) is 0 Å². The summed E-state index contributed by atoms with van der Waals surface area (Å²) in [5, 5.41) is 14.2. The number of nitro benzene ring substituents is 1. The van der Waals surface area contributed by atoms with Crippen molar-refractivity contribution in [2.24, 2.45) is 0 Å². The zero-order valence-electron chi connectivity index (χ0n) is 14.6. The van der Waals surface area contributed by atoms with Crippen LogP contribution in [0, 0.1) is 10.1 Å². The van der Waals surface area contributed by atoms with Gasteiger partial charge in [-0.05, 0) is 46.3 Å². The summed E-state index contributed by atoms with van der Waals surface area (Å²) in [5.41, 5.74) is 1.23. The maximum Gasteiger partial charge on any atom is 0.294 e. The number of ether oxygens (including phenoxy) is 2. The fourth-order valence-corrected chi connectivity index (χ4v) is 3.37. The number of anilines is 2. The van der Waals surface area contributed by atoms with Crippen LogP contribution in [0.4, 0.5) is 17.1 Å². The van der Waals surface area contributed by atoms with Crippen molar-refractivity contribution < 1.29 is 19.2 Å². The lowest BCUT2D eigenvalue weighted by Crippen LogP contribution is -2.36. The minimum absolute atomic E-state index is 0.0504. The minimum atomic E-state index is -0.440. The third-order valence-corrected chi connectivity index (χ3v) is 4.82. The van der Waals surface area contributed by atoms with Gasteiger partial charge in [0.25, 0.3) is 11.6 Å². The number of rotatable bonds is 5. The summed E-state index contributed by atoms with van der Waals surface area (Å²) in [4.78, 5) is 25.4. The average Bonchev–Trinajstić information content (AvgIpc) is 2.68. The molecule has 0 bridgehead atoms. The molecule has 2 aromatic carbocycles. The molecule has 1 heterocycles. The summed E-state index contributed by atoms with van der Waals surface area (Å²) in [5.74, 6) is 0.240. The van der Waals surface area contributed by atoms with Gasteiger partial charge < -0.3 is 19.7 Å². The van der Waals surface area contributed by atoms with E-state index in [1.54, 1.807) is 30.3 Å². The third-order valence-electron chi connectivity index (χ3n) is 4.20. The van der Waals surface area contributed by atoms with Crippen molar-refractivity contribution in [1.29, 1.82) is 0 Å². The molecule has 1 fully saturated rings. The van der Waals surface area contributed by atoms with Crippen molar-refractivity contribution in [3.8, 4) is 5.75 Å². The molecule has 1 aliphatic heterocycles. The van der Waals surface area contributed by atoms with Gasteiger partial charge in [0.2, 0.25) is 0 Å². The molecule has 8 nitrogen and oxygen atoms in total. The Kier molecular flexibility index (Phi) is 5.92. The zero-order chi connectivity index (χ0) is 19.4. The van der Waals surface area contributed by atoms with Crippen LogP contribution in [0.25, 0.3) is 0 Å². The molecule has 0 aromatic heterocycles. The summed E-state index contributed by atoms with van der Waals surface area (Å²) in [7, 11) is 1.54. The van der Waals surface area contributed by atoms with Gasteiger partial charge in [0.15, 0.2) is 0 Å². The molecular formula is C18H18BrN3O5. The van der Waals surface area contributed by atoms with E-state index in [4.69, 9.17) is 9.47 Å². The molecule has 142 valence electrons. The number of halogens is 1. The first kappa shape index (κ1) is 19.1. The van der Waals surface area contributed by atoms with E-state index < -0.39 is 4.92 Å². The van der Waals surface area contributed by atoms with E-state index in [9.17, 15) is 14.9 Å². The van der Waals surface area contributed by atoms with Crippen LogP contribution in [0.15, 0.2) is 40.9 Å². The predicted molar refractivity (Wildman–Crippen MR) is 105 cm³/mol. The summed E-state index contributed by atoms with van der Waals surface area (Å²) >= 11 is 3.34. The Morgan fingerprint density at radius 3 is 2.63 bits per heavy atom. The SMILES string of the molecule is COc1ccc(C(=O)Nc2ccc(N3CCOCC3)c([N+](=O)[O-])c2)cc1Br. The first-order chi connectivity index (χ1) is 13.0. The first-order valence-corrected chi connectivity index (χ1v) is 9.05. The Labute approximate surface area is 164 Å². The highest BCUT2D eigenvalue weighted by atomic mass is 79.9. The van der Waals surface area contributed by atoms with E-state index in [1.807, 2.05) is 4.90 Å². The highest BCUT2D eigenvalue weighted by Gasteiger charge is 2.22. The quantitative estimate of drug-likeness (QED) is 0.570. The number of hydrogen-bond donors (Lipinski definition) is 1. The van der Waals surface area contributed by atoms with Gasteiger partial charge in [-0.2, -0.15) is 0 Å². The number of carbonyl (C=O) groups excluding carboxylic acids is 1. The number of morpholine rings is 1. The van der Waals surface area contributed by atoms with E-state index >= 15 is 0 Å². The van der Waals surface area contributed by atoms with Crippen LogP contribution >= 0.6 is 15.9 Å². The lowest BCUT2D eigenvalue weighted by Gasteiger charge is -2.28. The fourth-order valence-electron chi connectivity index (χ4n) is 2.83. The van der Waals surface area contributed by atoms with Crippen molar-refractivity contribution in [3.05, 3.63) is 56.5 Å². The normalized spacial score (nSPS) is 13.9. The molecular weight excluding hydrogens is 418 g/mol. The lowest BCUT2D eigenvalue weighted by atomic mass is 10.1. The van der Waals surface area contributed by atoms with Gasteiger partial charge in [0.1, 0.15) is 11.4 Å². The molecule has 1 aliphatic rings. The summed E-state index contributed by atoms with van der Waals surface area (Å²) in [6.07, 6.45) is 0. The molecule has 0 aliphatic carbocycles. The fraction of sp³-hybridized carbons (Fsp3) is 0.278. The topological polar surface area (TPSA) is 93.9 Å². The van der Waals surface area contributed by atoms with Crippen LogP contribution in [0.2, 0.25) is 0 Å². The summed E-state index contributed by atoms with van der Waals surface area (Å²) < 4.78 is 11.1. The molecule has 1 saturated heterocycles. The second-order valence-electron chi connectivity index (χ2n) is 5.86. The minimum Gasteiger partial charge on any atom is -0.496 e. The number of carbonyl (C=O) groups is 1. The second kappa shape index (κ2) is 8.36. The summed E-state index contributed by atoms with van der Waals surface area (Å²) in [6, 6.07) is 9.61. The maximum atomic E-state index is 12.5. The molecule has 27 heavy (non-hydrogen) atoms. The van der Waals surface area contributed by atoms with Gasteiger partial charge in [-0.25, -0.2) is 0 Å². The number of hydrogen-bond acceptors (Lipinski definition) is 6. The Hall–Kier alpha value is -2.65. The van der Waals surface area contributed by atoms with Crippen LogP contribution in [0.1, 0.15) is 10.4 Å². The molecule has 3 rings (SSSR count). The van der Waals surface area contributed by atoms with E-state index in [2.05, 4.69) is 21.2 Å². The number of nitrogens with one attached hydrogen (secondary N) is 1. The predicted octanol–water partition coefficient (Wildman–Crippen LogP) is 3.45. The monoisotopic (exact) mass is 435 g/mol. The van der Waals surface area contributed by atoms with Gasteiger partial charge >= 0.3 is 0 Å². The van der Waals surface area contributed by atoms with Crippen LogP contribution in [0.3, 0.4) is 0 Å². The van der Waals surface area contributed by atoms with Crippen LogP contribution < -0.4 is 15.0 Å². The van der Waals surface area contributed by atoms with Gasteiger partial charge in [-0.15, -0.1) is 0 Å². The van der Waals surface area contributed by atoms with Crippen LogP contribution in [-0.2, 0) is 4.74 Å². The molecule has 9 heteroatoms. The highest BCUT2D eigenvalue weighted by molar-refractivity contribution is 9.10. The number of benzene rings is 2. The summed E-state index contributed by atoms with van der Waals surface area (Å²) in [6.45, 7) is 2.24. The Bertz CT molecular complexity index is 868. The lowest BCUT2D eigenvalue weighted by molar-refractivity contribution is -0.384. The molecule has 0 radical (unpaired) electrons. The van der Waals surface area contributed by atoms with Crippen molar-refractivity contribution in [2.45, 2.75) is 0 Å². The molecule has 2 aromatic rings. The molecule has 1 N–H and O–H groups in total. The molecule has 0 atom stereocenters. The number of nitro groups is 1. The van der Waals surface area contributed by atoms with Crippen molar-refractivity contribution in [2.75, 3.05) is 43.6 Å². The second-order valence-corrected chi connectivity index (χ2v) is 6.72. The van der Waals surface area contributed by atoms with Crippen molar-refractivity contribution in [3.63, 3.8) is 0 Å². The van der Waals surface area contributed by atoms with Crippen molar-refractivity contribution in [1.82, 2.24) is 0 Å². The van der Waals surface area contributed by atoms with Crippen LogP contribution in [-0.4, -0.2) is 44.2 Å². The van der Waals surface area contributed by atoms with E-state index in [1.165, 1.54) is 13.2 Å². The molecule has 0 unspecified atom stereocenters. The largest absolute Gasteiger partial charge is 0.496 e. The Morgan fingerprint density at radius 1 is 1.26 bits per heavy atom. The Morgan fingerprint density at radius 2 is 2.00 bits per heavy atom. The van der Waals surface area contributed by atoms with Crippen LogP contribution in [0.5, 0.6) is 5.75 Å². The highest BCUT2D eigenvalue weighted by Crippen LogP contribution is 2.32. The zero-order valence-corrected chi connectivity index (χ0v) is 16.2. The first-order valence-electron chi connectivity index (χ1n) is 8.25. The third kappa shape index (κ3) is 4.37. The number of amides is 1. The maximum absolute atomic E-state index is 12.5. The standard InChI is InChI=1S/C18H18BrN3O5/c1-26-17-5-2-12(10-14(17)19)18(23)20-13-3-4-15(16(11-13)22(24)25)21-6-8-27-9-7-21/h2-5,10-11H,6-9H2,1H3,(H,20,23). The molecule has 0 saturated carbocycles. The molecule has 1 amide bonds. The van der Waals surface area contributed by atoms with E-state index in [0.717, 1.165) is 0 Å². The van der Waals surface area contributed by atoms with Gasteiger partial charge in [-0.3, -0.25) is 14.9 Å². The van der Waals surface area contributed by atoms with Crippen molar-refractivity contribution >= 4 is 38.9 Å². The van der Waals surface area contributed by atoms with Gasteiger partial charge in [0.05, 0.1) is 29.7 Å².